The number of nitrogens with zero attached hydrogens (tertiary/aromatic N) is 3. The van der Waals surface area contributed by atoms with Crippen LogP contribution in [0.3, 0.4) is 0 Å². The third kappa shape index (κ3) is 3.51. The number of nitrogens with one attached hydrogen (secondary N) is 2. The minimum absolute atomic E-state index is 0.00778. The van der Waals surface area contributed by atoms with Crippen LogP contribution < -0.4 is 10.5 Å². The van der Waals surface area contributed by atoms with Crippen molar-refractivity contribution in [1.82, 2.24) is 19.9 Å². The first-order valence-electron chi connectivity index (χ1n) is 10.2. The van der Waals surface area contributed by atoms with Crippen LogP contribution in [-0.4, -0.2) is 46.0 Å². The normalized spacial score (nSPS) is 15.4. The van der Waals surface area contributed by atoms with Gasteiger partial charge in [-0.05, 0) is 47.7 Å². The number of hydrogen-bond donors (Lipinski definition) is 2. The summed E-state index contributed by atoms with van der Waals surface area (Å²) in [5.74, 6) is 0. The molecule has 1 fully saturated rings. The van der Waals surface area contributed by atoms with Crippen LogP contribution in [0.15, 0.2) is 53.6 Å². The van der Waals surface area contributed by atoms with Crippen LogP contribution in [-0.2, 0) is 13.0 Å². The summed E-state index contributed by atoms with van der Waals surface area (Å²) in [6.07, 6.45) is 4.64. The fourth-order valence-corrected chi connectivity index (χ4v) is 4.17. The Labute approximate surface area is 169 Å². The summed E-state index contributed by atoms with van der Waals surface area (Å²) >= 11 is 0. The number of hydrogen-bond acceptors (Lipinski definition) is 4. The summed E-state index contributed by atoms with van der Waals surface area (Å²) in [4.78, 5) is 27.8. The van der Waals surface area contributed by atoms with Crippen molar-refractivity contribution in [3.63, 3.8) is 0 Å². The molecule has 0 bridgehead atoms. The van der Waals surface area contributed by atoms with E-state index in [0.29, 0.717) is 0 Å². The van der Waals surface area contributed by atoms with Crippen LogP contribution in [0.5, 0.6) is 0 Å². The highest BCUT2D eigenvalue weighted by molar-refractivity contribution is 5.83. The van der Waals surface area contributed by atoms with E-state index in [1.54, 1.807) is 0 Å². The van der Waals surface area contributed by atoms with Crippen molar-refractivity contribution < 1.29 is 0 Å². The Hall–Kier alpha value is -3.12. The minimum Gasteiger partial charge on any atom is -0.369 e. The van der Waals surface area contributed by atoms with E-state index in [9.17, 15) is 4.79 Å². The molecule has 1 aromatic carbocycles. The van der Waals surface area contributed by atoms with Gasteiger partial charge in [0.25, 0.3) is 5.56 Å². The number of rotatable bonds is 4. The zero-order chi connectivity index (χ0) is 19.8. The van der Waals surface area contributed by atoms with E-state index in [4.69, 9.17) is 0 Å². The smallest absolute Gasteiger partial charge is 0.251 e. The van der Waals surface area contributed by atoms with E-state index >= 15 is 0 Å². The number of aromatic nitrogens is 3. The molecule has 0 spiro atoms. The topological polar surface area (TPSA) is 68.0 Å². The largest absolute Gasteiger partial charge is 0.369 e. The lowest BCUT2D eigenvalue weighted by atomic mass is 10.1. The predicted molar refractivity (Wildman–Crippen MR) is 118 cm³/mol. The van der Waals surface area contributed by atoms with E-state index in [1.165, 1.54) is 16.6 Å². The van der Waals surface area contributed by atoms with Gasteiger partial charge in [0.2, 0.25) is 0 Å². The Balaban J connectivity index is 1.27. The Morgan fingerprint density at radius 3 is 2.72 bits per heavy atom. The molecular weight excluding hydrogens is 362 g/mol. The van der Waals surface area contributed by atoms with E-state index in [0.717, 1.165) is 61.3 Å². The van der Waals surface area contributed by atoms with Gasteiger partial charge < -0.3 is 14.9 Å². The van der Waals surface area contributed by atoms with Gasteiger partial charge in [0, 0.05) is 61.9 Å². The minimum atomic E-state index is -0.00778. The van der Waals surface area contributed by atoms with Crippen molar-refractivity contribution in [2.45, 2.75) is 19.9 Å². The lowest BCUT2D eigenvalue weighted by Gasteiger charge is -2.36. The van der Waals surface area contributed by atoms with Crippen molar-refractivity contribution in [2.75, 3.05) is 31.1 Å². The molecule has 29 heavy (non-hydrogen) atoms. The van der Waals surface area contributed by atoms with Gasteiger partial charge >= 0.3 is 0 Å². The fraction of sp³-hybridized carbons (Fsp3) is 0.304. The number of H-pyrrole nitrogens is 2. The van der Waals surface area contributed by atoms with Crippen LogP contribution in [0.2, 0.25) is 0 Å². The van der Waals surface area contributed by atoms with Gasteiger partial charge in [-0.25, -0.2) is 0 Å². The number of benzene rings is 1. The van der Waals surface area contributed by atoms with E-state index in [1.807, 2.05) is 25.4 Å². The average molecular weight is 387 g/mol. The molecule has 2 N–H and O–H groups in total. The lowest BCUT2D eigenvalue weighted by molar-refractivity contribution is 0.250. The van der Waals surface area contributed by atoms with Crippen LogP contribution in [0, 0.1) is 0 Å². The molecule has 0 unspecified atom stereocenters. The van der Waals surface area contributed by atoms with Crippen LogP contribution >= 0.6 is 0 Å². The Kier molecular flexibility index (Phi) is 4.56. The second kappa shape index (κ2) is 7.37. The van der Waals surface area contributed by atoms with Crippen LogP contribution in [0.25, 0.3) is 21.9 Å². The first-order valence-corrected chi connectivity index (χ1v) is 10.2. The quantitative estimate of drug-likeness (QED) is 0.564. The van der Waals surface area contributed by atoms with Crippen molar-refractivity contribution in [3.05, 3.63) is 70.3 Å². The second-order valence-corrected chi connectivity index (χ2v) is 7.77. The molecule has 3 aromatic heterocycles. The standard InChI is InChI=1S/C23H25N5O/c1-2-17-12-21-22(26-23(17)29)11-16(14-25-21)15-27-7-9-28(10-8-27)19-4-3-18-5-6-24-20(18)13-19/h3-6,11-14,24H,2,7-10,15H2,1H3,(H,26,29). The van der Waals surface area contributed by atoms with Gasteiger partial charge in [-0.1, -0.05) is 13.0 Å². The molecule has 1 aliphatic rings. The highest BCUT2D eigenvalue weighted by Crippen LogP contribution is 2.23. The molecule has 0 amide bonds. The number of pyridine rings is 2. The Morgan fingerprint density at radius 1 is 1.03 bits per heavy atom. The van der Waals surface area contributed by atoms with Gasteiger partial charge in [0.05, 0.1) is 11.0 Å². The molecular formula is C23H25N5O. The summed E-state index contributed by atoms with van der Waals surface area (Å²) in [5, 5.41) is 1.25. The van der Waals surface area contributed by atoms with E-state index < -0.39 is 0 Å². The van der Waals surface area contributed by atoms with Crippen molar-refractivity contribution in [1.29, 1.82) is 0 Å². The molecule has 148 valence electrons. The van der Waals surface area contributed by atoms with Gasteiger partial charge in [0.15, 0.2) is 0 Å². The number of fused-ring (bicyclic) bond motifs is 2. The molecule has 1 aliphatic heterocycles. The first-order chi connectivity index (χ1) is 14.2. The molecule has 6 nitrogen and oxygen atoms in total. The zero-order valence-corrected chi connectivity index (χ0v) is 16.6. The number of anilines is 1. The van der Waals surface area contributed by atoms with Crippen molar-refractivity contribution in [2.24, 2.45) is 0 Å². The molecule has 0 aliphatic carbocycles. The summed E-state index contributed by atoms with van der Waals surface area (Å²) in [5.41, 5.74) is 6.05. The van der Waals surface area contributed by atoms with Gasteiger partial charge in [-0.15, -0.1) is 0 Å². The number of piperazine rings is 1. The third-order valence-electron chi connectivity index (χ3n) is 5.89. The summed E-state index contributed by atoms with van der Waals surface area (Å²) in [6.45, 7) is 6.86. The van der Waals surface area contributed by atoms with E-state index in [-0.39, 0.29) is 5.56 Å². The summed E-state index contributed by atoms with van der Waals surface area (Å²) < 4.78 is 0. The van der Waals surface area contributed by atoms with Crippen molar-refractivity contribution in [3.8, 4) is 0 Å². The second-order valence-electron chi connectivity index (χ2n) is 7.77. The molecule has 5 rings (SSSR count). The zero-order valence-electron chi connectivity index (χ0n) is 16.6. The van der Waals surface area contributed by atoms with Gasteiger partial charge in [0.1, 0.15) is 0 Å². The average Bonchev–Trinajstić information content (AvgIpc) is 3.21. The Morgan fingerprint density at radius 2 is 1.90 bits per heavy atom. The van der Waals surface area contributed by atoms with Gasteiger partial charge in [-0.2, -0.15) is 0 Å². The molecule has 1 saturated heterocycles. The Bertz CT molecular complexity index is 1220. The van der Waals surface area contributed by atoms with Crippen LogP contribution in [0.1, 0.15) is 18.1 Å². The maximum atomic E-state index is 12.1. The molecule has 0 atom stereocenters. The summed E-state index contributed by atoms with van der Waals surface area (Å²) in [6, 6.07) is 12.7. The lowest BCUT2D eigenvalue weighted by Crippen LogP contribution is -2.45. The molecule has 4 heterocycles. The van der Waals surface area contributed by atoms with Crippen LogP contribution in [0.4, 0.5) is 5.69 Å². The monoisotopic (exact) mass is 387 g/mol. The molecule has 0 saturated carbocycles. The highest BCUT2D eigenvalue weighted by Gasteiger charge is 2.18. The fourth-order valence-electron chi connectivity index (χ4n) is 4.17. The van der Waals surface area contributed by atoms with Crippen molar-refractivity contribution >= 4 is 27.6 Å². The molecule has 0 radical (unpaired) electrons. The van der Waals surface area contributed by atoms with Gasteiger partial charge in [-0.3, -0.25) is 14.7 Å². The maximum Gasteiger partial charge on any atom is 0.251 e. The highest BCUT2D eigenvalue weighted by atomic mass is 16.1. The molecule has 4 aromatic rings. The SMILES string of the molecule is CCc1cc2ncc(CN3CCN(c4ccc5cc[nH]c5c4)CC3)cc2[nH]c1=O. The maximum absolute atomic E-state index is 12.1. The molecule has 6 heteroatoms. The first kappa shape index (κ1) is 17.9. The third-order valence-corrected chi connectivity index (χ3v) is 5.89. The number of aromatic amines is 2. The van der Waals surface area contributed by atoms with E-state index in [2.05, 4.69) is 55.1 Å². The number of aryl methyl sites for hydroxylation is 1. The summed E-state index contributed by atoms with van der Waals surface area (Å²) in [7, 11) is 0. The predicted octanol–water partition coefficient (Wildman–Crippen LogP) is 3.29.